The highest BCUT2D eigenvalue weighted by Crippen LogP contribution is 2.61. The first-order valence-electron chi connectivity index (χ1n) is 25.5. The minimum Gasteiger partial charge on any atom is -0.310 e. The van der Waals surface area contributed by atoms with Gasteiger partial charge in [0.1, 0.15) is 0 Å². The molecule has 336 valence electrons. The van der Waals surface area contributed by atoms with Gasteiger partial charge in [0.2, 0.25) is 0 Å². The number of nitrogens with zero attached hydrogens (tertiary/aromatic N) is 1. The fraction of sp³-hybridized carbons (Fsp3) is 0.194. The molecule has 9 aromatic rings. The van der Waals surface area contributed by atoms with Crippen molar-refractivity contribution in [3.63, 3.8) is 0 Å². The maximum atomic E-state index is 2.56. The molecule has 0 spiro atoms. The van der Waals surface area contributed by atoms with Crippen LogP contribution in [0.3, 0.4) is 0 Å². The van der Waals surface area contributed by atoms with Gasteiger partial charge in [0.15, 0.2) is 8.07 Å². The first-order valence-corrected chi connectivity index (χ1v) is 27.5. The van der Waals surface area contributed by atoms with E-state index in [9.17, 15) is 0 Å². The summed E-state index contributed by atoms with van der Waals surface area (Å²) in [6, 6.07) is 87.8. The molecule has 0 saturated heterocycles. The third-order valence-electron chi connectivity index (χ3n) is 17.2. The maximum absolute atomic E-state index is 2.73. The average Bonchev–Trinajstić information content (AvgIpc) is 3.63. The topological polar surface area (TPSA) is 3.24 Å². The second-order valence-corrected chi connectivity index (χ2v) is 25.3. The van der Waals surface area contributed by atoms with Crippen LogP contribution in [0.5, 0.6) is 0 Å². The third-order valence-corrected chi connectivity index (χ3v) is 22.0. The van der Waals surface area contributed by atoms with Gasteiger partial charge in [-0.05, 0) is 169 Å². The maximum Gasteiger partial charge on any atom is 0.179 e. The van der Waals surface area contributed by atoms with Gasteiger partial charge in [-0.2, -0.15) is 0 Å². The molecule has 4 saturated carbocycles. The summed E-state index contributed by atoms with van der Waals surface area (Å²) in [5, 5.41) is 5.53. The van der Waals surface area contributed by atoms with Gasteiger partial charge in [-0.25, -0.2) is 0 Å². The molecule has 2 heteroatoms. The fourth-order valence-electron chi connectivity index (χ4n) is 14.4. The first-order chi connectivity index (χ1) is 33.9. The molecule has 1 nitrogen and oxygen atoms in total. The number of anilines is 3. The Hall–Kier alpha value is -7.00. The second-order valence-electron chi connectivity index (χ2n) is 21.5. The molecule has 5 aliphatic rings. The molecule has 0 heterocycles. The zero-order chi connectivity index (χ0) is 46.2. The highest BCUT2D eigenvalue weighted by atomic mass is 28.3. The minimum absolute atomic E-state index is 0.190. The lowest BCUT2D eigenvalue weighted by molar-refractivity contribution is -0.00518. The average molecular weight is 906 g/mol. The lowest BCUT2D eigenvalue weighted by Crippen LogP contribution is -2.74. The lowest BCUT2D eigenvalue weighted by atomic mass is 9.48. The number of hydrogen-bond donors (Lipinski definition) is 0. The Morgan fingerprint density at radius 1 is 0.377 bits per heavy atom. The van der Waals surface area contributed by atoms with E-state index in [1.807, 2.05) is 0 Å². The van der Waals surface area contributed by atoms with Gasteiger partial charge >= 0.3 is 0 Å². The Kier molecular flexibility index (Phi) is 10.1. The van der Waals surface area contributed by atoms with Crippen LogP contribution in [0.1, 0.15) is 69.1 Å². The normalized spacial score (nSPS) is 20.6. The second kappa shape index (κ2) is 16.6. The van der Waals surface area contributed by atoms with E-state index in [1.54, 1.807) is 5.56 Å². The zero-order valence-corrected chi connectivity index (χ0v) is 40.9. The summed E-state index contributed by atoms with van der Waals surface area (Å²) in [6.07, 6.45) is 8.48. The minimum atomic E-state index is -2.73. The highest BCUT2D eigenvalue weighted by Gasteiger charge is 2.51. The number of hydrogen-bond acceptors (Lipinski definition) is 1. The SMILES string of the molecule is CC1(C)c2ccccc2-c2c(-c3ccc(-c4ccccc4)cc3)cc(N(c3ccc(C45CC6CC(CC(C6)C4)C5)cc3)c3ccc([Si](c4ccccc4)(c4ccccc4)c4ccccc4)cc3)cc21. The van der Waals surface area contributed by atoms with Crippen molar-refractivity contribution in [2.24, 2.45) is 17.8 Å². The van der Waals surface area contributed by atoms with Gasteiger partial charge in [-0.3, -0.25) is 0 Å². The van der Waals surface area contributed by atoms with Crippen molar-refractivity contribution in [2.75, 3.05) is 4.90 Å². The molecule has 5 aliphatic carbocycles. The third kappa shape index (κ3) is 6.93. The molecule has 0 amide bonds. The van der Waals surface area contributed by atoms with E-state index < -0.39 is 8.07 Å². The molecular weight excluding hydrogens is 847 g/mol. The van der Waals surface area contributed by atoms with Crippen molar-refractivity contribution >= 4 is 45.9 Å². The van der Waals surface area contributed by atoms with E-state index >= 15 is 0 Å². The van der Waals surface area contributed by atoms with Crippen LogP contribution in [0.25, 0.3) is 33.4 Å². The van der Waals surface area contributed by atoms with Crippen LogP contribution in [-0.4, -0.2) is 8.07 Å². The molecule has 0 unspecified atom stereocenters. The van der Waals surface area contributed by atoms with E-state index in [0.29, 0.717) is 5.41 Å². The van der Waals surface area contributed by atoms with E-state index in [-0.39, 0.29) is 5.41 Å². The molecule has 4 fully saturated rings. The Balaban J connectivity index is 1.00. The van der Waals surface area contributed by atoms with E-state index in [4.69, 9.17) is 0 Å². The Bertz CT molecular complexity index is 3150. The van der Waals surface area contributed by atoms with E-state index in [1.165, 1.54) is 115 Å². The van der Waals surface area contributed by atoms with Gasteiger partial charge < -0.3 is 4.90 Å². The summed E-state index contributed by atoms with van der Waals surface area (Å²) in [6.45, 7) is 4.84. The molecule has 0 atom stereocenters. The number of fused-ring (bicyclic) bond motifs is 3. The molecular formula is C67H59NSi. The molecule has 0 radical (unpaired) electrons. The van der Waals surface area contributed by atoms with Crippen LogP contribution in [-0.2, 0) is 10.8 Å². The Morgan fingerprint density at radius 3 is 1.35 bits per heavy atom. The van der Waals surface area contributed by atoms with E-state index in [0.717, 1.165) is 23.4 Å². The molecule has 69 heavy (non-hydrogen) atoms. The van der Waals surface area contributed by atoms with Crippen molar-refractivity contribution in [1.82, 2.24) is 0 Å². The van der Waals surface area contributed by atoms with Crippen molar-refractivity contribution in [2.45, 2.75) is 63.2 Å². The standard InChI is InChI=1S/C67H59NSi/c1-66(2)63-26-16-15-25-61(63)65-62(52-29-27-51(28-30-52)50-17-7-3-8-18-50)42-56(43-64(65)66)68(54-33-31-53(32-34-54)67-44-47-39-48(45-67)41-49(40-47)46-67)55-35-37-60(38-36-55)69(57-19-9-4-10-20-57,58-21-11-5-12-22-58)59-23-13-6-14-24-59/h3-38,42-43,47-49H,39-41,44-46H2,1-2H3. The molecule has 0 aromatic heterocycles. The van der Waals surface area contributed by atoms with E-state index in [2.05, 4.69) is 249 Å². The lowest BCUT2D eigenvalue weighted by Gasteiger charge is -2.57. The Labute approximate surface area is 410 Å². The van der Waals surface area contributed by atoms with Gasteiger partial charge in [-0.1, -0.05) is 208 Å². The van der Waals surface area contributed by atoms with Crippen LogP contribution in [0.15, 0.2) is 231 Å². The van der Waals surface area contributed by atoms with Crippen molar-refractivity contribution < 1.29 is 0 Å². The summed E-state index contributed by atoms with van der Waals surface area (Å²) in [7, 11) is -2.73. The summed E-state index contributed by atoms with van der Waals surface area (Å²) in [5.74, 6) is 2.72. The quantitative estimate of drug-likeness (QED) is 0.0976. The van der Waals surface area contributed by atoms with Crippen LogP contribution in [0.2, 0.25) is 0 Å². The van der Waals surface area contributed by atoms with Crippen LogP contribution < -0.4 is 25.6 Å². The van der Waals surface area contributed by atoms with Crippen LogP contribution >= 0.6 is 0 Å². The van der Waals surface area contributed by atoms with Crippen molar-refractivity contribution in [3.05, 3.63) is 247 Å². The first kappa shape index (κ1) is 42.1. The monoisotopic (exact) mass is 905 g/mol. The summed E-state index contributed by atoms with van der Waals surface area (Å²) in [5.41, 5.74) is 15.7. The molecule has 14 rings (SSSR count). The summed E-state index contributed by atoms with van der Waals surface area (Å²) in [4.78, 5) is 2.56. The molecule has 9 aromatic carbocycles. The smallest absolute Gasteiger partial charge is 0.179 e. The molecule has 0 N–H and O–H groups in total. The fourth-order valence-corrected chi connectivity index (χ4v) is 19.2. The Morgan fingerprint density at radius 2 is 0.812 bits per heavy atom. The van der Waals surface area contributed by atoms with Crippen molar-refractivity contribution in [3.8, 4) is 33.4 Å². The van der Waals surface area contributed by atoms with Gasteiger partial charge in [0.05, 0.1) is 0 Å². The summed E-state index contributed by atoms with van der Waals surface area (Å²) < 4.78 is 0. The predicted octanol–water partition coefficient (Wildman–Crippen LogP) is 14.6. The van der Waals surface area contributed by atoms with Crippen LogP contribution in [0.4, 0.5) is 17.1 Å². The molecule has 4 bridgehead atoms. The zero-order valence-electron chi connectivity index (χ0n) is 39.9. The number of rotatable bonds is 10. The van der Waals surface area contributed by atoms with Gasteiger partial charge in [0.25, 0.3) is 0 Å². The van der Waals surface area contributed by atoms with Crippen LogP contribution in [0, 0.1) is 17.8 Å². The molecule has 0 aliphatic heterocycles. The van der Waals surface area contributed by atoms with Gasteiger partial charge in [0, 0.05) is 22.5 Å². The highest BCUT2D eigenvalue weighted by molar-refractivity contribution is 7.19. The summed E-state index contributed by atoms with van der Waals surface area (Å²) >= 11 is 0. The van der Waals surface area contributed by atoms with Gasteiger partial charge in [-0.15, -0.1) is 0 Å². The predicted molar refractivity (Wildman–Crippen MR) is 293 cm³/mol. The largest absolute Gasteiger partial charge is 0.310 e. The number of benzene rings is 9. The van der Waals surface area contributed by atoms with Crippen molar-refractivity contribution in [1.29, 1.82) is 0 Å².